The van der Waals surface area contributed by atoms with Crippen molar-refractivity contribution in [1.82, 2.24) is 15.1 Å². The number of amides is 4. The normalized spacial score (nSPS) is 15.8. The minimum Gasteiger partial charge on any atom is -0.427 e. The third kappa shape index (κ3) is 4.98. The van der Waals surface area contributed by atoms with E-state index in [1.54, 1.807) is 53.4 Å². The van der Waals surface area contributed by atoms with Crippen molar-refractivity contribution < 1.29 is 28.7 Å². The van der Waals surface area contributed by atoms with Gasteiger partial charge in [0.1, 0.15) is 12.3 Å². The predicted octanol–water partition coefficient (Wildman–Crippen LogP) is 1.88. The second-order valence-electron chi connectivity index (χ2n) is 8.40. The van der Waals surface area contributed by atoms with E-state index in [1.807, 2.05) is 0 Å². The van der Waals surface area contributed by atoms with Crippen molar-refractivity contribution in [3.05, 3.63) is 65.2 Å². The van der Waals surface area contributed by atoms with Crippen LogP contribution in [0.3, 0.4) is 0 Å². The van der Waals surface area contributed by atoms with Crippen LogP contribution >= 0.6 is 0 Å². The Kier molecular flexibility index (Phi) is 6.72. The van der Waals surface area contributed by atoms with Crippen LogP contribution in [0.5, 0.6) is 5.75 Å². The van der Waals surface area contributed by atoms with Gasteiger partial charge in [-0.15, -0.1) is 0 Å². The molecule has 4 rings (SSSR count). The highest BCUT2D eigenvalue weighted by atomic mass is 16.5. The van der Waals surface area contributed by atoms with Crippen molar-refractivity contribution >= 4 is 29.6 Å². The van der Waals surface area contributed by atoms with E-state index in [0.717, 1.165) is 4.90 Å². The highest BCUT2D eigenvalue weighted by Gasteiger charge is 2.36. The lowest BCUT2D eigenvalue weighted by Gasteiger charge is -2.32. The zero-order chi connectivity index (χ0) is 24.2. The summed E-state index contributed by atoms with van der Waals surface area (Å²) in [5.74, 6) is -1.38. The Labute approximate surface area is 196 Å². The highest BCUT2D eigenvalue weighted by Crippen LogP contribution is 2.23. The van der Waals surface area contributed by atoms with Gasteiger partial charge in [-0.3, -0.25) is 28.9 Å². The van der Waals surface area contributed by atoms with Crippen LogP contribution < -0.4 is 10.1 Å². The first kappa shape index (κ1) is 23.2. The minimum absolute atomic E-state index is 0.137. The fourth-order valence-corrected chi connectivity index (χ4v) is 4.22. The number of likely N-dealkylation sites (tertiary alicyclic amines) is 1. The molecular formula is C25H25N3O6. The fourth-order valence-electron chi connectivity index (χ4n) is 4.22. The second-order valence-corrected chi connectivity index (χ2v) is 8.40. The summed E-state index contributed by atoms with van der Waals surface area (Å²) < 4.78 is 5.05. The lowest BCUT2D eigenvalue weighted by atomic mass is 9.96. The van der Waals surface area contributed by atoms with Crippen molar-refractivity contribution in [1.29, 1.82) is 0 Å². The van der Waals surface area contributed by atoms with Crippen molar-refractivity contribution in [3.63, 3.8) is 0 Å². The van der Waals surface area contributed by atoms with E-state index in [0.29, 0.717) is 54.9 Å². The summed E-state index contributed by atoms with van der Waals surface area (Å²) in [6, 6.07) is 13.0. The van der Waals surface area contributed by atoms with E-state index in [4.69, 9.17) is 4.74 Å². The molecule has 2 aliphatic rings. The van der Waals surface area contributed by atoms with Crippen LogP contribution in [0.2, 0.25) is 0 Å². The van der Waals surface area contributed by atoms with Crippen molar-refractivity contribution in [3.8, 4) is 5.75 Å². The maximum absolute atomic E-state index is 12.8. The molecule has 1 N–H and O–H groups in total. The Hall–Kier alpha value is -4.01. The number of hydrogen-bond donors (Lipinski definition) is 1. The molecule has 0 aromatic heterocycles. The van der Waals surface area contributed by atoms with Gasteiger partial charge >= 0.3 is 5.97 Å². The number of nitrogens with zero attached hydrogens (tertiary/aromatic N) is 2. The molecule has 2 aromatic carbocycles. The quantitative estimate of drug-likeness (QED) is 0.398. The number of nitrogens with one attached hydrogen (secondary N) is 1. The summed E-state index contributed by atoms with van der Waals surface area (Å²) in [5, 5.41) is 2.81. The number of fused-ring (bicyclic) bond motifs is 1. The average molecular weight is 463 g/mol. The fraction of sp³-hybridized carbons (Fsp3) is 0.320. The molecule has 0 bridgehead atoms. The van der Waals surface area contributed by atoms with Crippen LogP contribution in [-0.2, 0) is 9.59 Å². The number of imide groups is 1. The molecular weight excluding hydrogens is 438 g/mol. The number of carbonyl (C=O) groups excluding carboxylic acids is 5. The molecule has 0 saturated carbocycles. The van der Waals surface area contributed by atoms with E-state index < -0.39 is 23.7 Å². The van der Waals surface area contributed by atoms with Crippen LogP contribution in [0.4, 0.5) is 0 Å². The first-order chi connectivity index (χ1) is 16.3. The molecule has 176 valence electrons. The molecule has 2 heterocycles. The zero-order valence-electron chi connectivity index (χ0n) is 18.8. The molecule has 34 heavy (non-hydrogen) atoms. The molecule has 2 aromatic rings. The van der Waals surface area contributed by atoms with Crippen LogP contribution in [0.1, 0.15) is 50.8 Å². The van der Waals surface area contributed by atoms with Gasteiger partial charge in [0.05, 0.1) is 11.1 Å². The summed E-state index contributed by atoms with van der Waals surface area (Å²) in [4.78, 5) is 63.8. The summed E-state index contributed by atoms with van der Waals surface area (Å²) in [5.41, 5.74) is 1.08. The molecule has 0 atom stereocenters. The largest absolute Gasteiger partial charge is 0.427 e. The Balaban J connectivity index is 1.24. The molecule has 1 fully saturated rings. The monoisotopic (exact) mass is 463 g/mol. The van der Waals surface area contributed by atoms with E-state index in [2.05, 4.69) is 5.32 Å². The van der Waals surface area contributed by atoms with Gasteiger partial charge in [0.15, 0.2) is 0 Å². The lowest BCUT2D eigenvalue weighted by molar-refractivity contribution is -0.131. The van der Waals surface area contributed by atoms with Crippen molar-refractivity contribution in [2.45, 2.75) is 19.8 Å². The molecule has 4 amide bonds. The zero-order valence-corrected chi connectivity index (χ0v) is 18.8. The minimum atomic E-state index is -0.458. The van der Waals surface area contributed by atoms with E-state index in [-0.39, 0.29) is 18.4 Å². The van der Waals surface area contributed by atoms with Crippen LogP contribution in [0.15, 0.2) is 48.5 Å². The van der Waals surface area contributed by atoms with Gasteiger partial charge in [0.25, 0.3) is 17.7 Å². The Bertz CT molecular complexity index is 1120. The van der Waals surface area contributed by atoms with Crippen molar-refractivity contribution in [2.75, 3.05) is 26.2 Å². The second kappa shape index (κ2) is 9.86. The van der Waals surface area contributed by atoms with Gasteiger partial charge in [-0.25, -0.2) is 0 Å². The molecule has 0 radical (unpaired) electrons. The summed E-state index contributed by atoms with van der Waals surface area (Å²) >= 11 is 0. The molecule has 9 heteroatoms. The SMILES string of the molecule is CC(=O)Oc1cccc(C(=O)N2CCC(CNC(=O)CN3C(=O)c4ccccc4C3=O)CC2)c1. The standard InChI is InChI=1S/C25H25N3O6/c1-16(29)34-19-6-4-5-18(13-19)23(31)27-11-9-17(10-12-27)14-26-22(30)15-28-24(32)20-7-2-3-8-21(20)25(28)33/h2-8,13,17H,9-12,14-15H2,1H3,(H,26,30). The van der Waals surface area contributed by atoms with Crippen molar-refractivity contribution in [2.24, 2.45) is 5.92 Å². The smallest absolute Gasteiger partial charge is 0.308 e. The number of carbonyl (C=O) groups is 5. The number of piperidine rings is 1. The van der Waals surface area contributed by atoms with Crippen LogP contribution in [0.25, 0.3) is 0 Å². The van der Waals surface area contributed by atoms with E-state index >= 15 is 0 Å². The maximum Gasteiger partial charge on any atom is 0.308 e. The third-order valence-corrected chi connectivity index (χ3v) is 6.01. The molecule has 2 aliphatic heterocycles. The van der Waals surface area contributed by atoms with E-state index in [1.165, 1.54) is 6.92 Å². The molecule has 0 aliphatic carbocycles. The van der Waals surface area contributed by atoms with Gasteiger partial charge in [-0.05, 0) is 49.1 Å². The molecule has 0 unspecified atom stereocenters. The van der Waals surface area contributed by atoms with Crippen LogP contribution in [0, 0.1) is 5.92 Å². The topological polar surface area (TPSA) is 113 Å². The number of ether oxygens (including phenoxy) is 1. The first-order valence-electron chi connectivity index (χ1n) is 11.1. The van der Waals surface area contributed by atoms with Gasteiger partial charge in [-0.2, -0.15) is 0 Å². The Morgan fingerprint density at radius 1 is 0.971 bits per heavy atom. The molecule has 9 nitrogen and oxygen atoms in total. The Morgan fingerprint density at radius 2 is 1.62 bits per heavy atom. The first-order valence-corrected chi connectivity index (χ1v) is 11.1. The lowest BCUT2D eigenvalue weighted by Crippen LogP contribution is -2.44. The maximum atomic E-state index is 12.8. The number of hydrogen-bond acceptors (Lipinski definition) is 6. The van der Waals surface area contributed by atoms with Gasteiger partial charge in [0, 0.05) is 32.1 Å². The Morgan fingerprint density at radius 3 is 2.24 bits per heavy atom. The number of benzene rings is 2. The van der Waals surface area contributed by atoms with Gasteiger partial charge in [0.2, 0.25) is 5.91 Å². The number of esters is 1. The van der Waals surface area contributed by atoms with Gasteiger partial charge in [-0.1, -0.05) is 18.2 Å². The summed E-state index contributed by atoms with van der Waals surface area (Å²) in [7, 11) is 0. The summed E-state index contributed by atoms with van der Waals surface area (Å²) in [6.45, 7) is 2.47. The van der Waals surface area contributed by atoms with Crippen LogP contribution in [-0.4, -0.2) is 65.6 Å². The molecule has 0 spiro atoms. The highest BCUT2D eigenvalue weighted by molar-refractivity contribution is 6.22. The number of rotatable bonds is 6. The predicted molar refractivity (Wildman–Crippen MR) is 121 cm³/mol. The third-order valence-electron chi connectivity index (χ3n) is 6.01. The van der Waals surface area contributed by atoms with E-state index in [9.17, 15) is 24.0 Å². The summed E-state index contributed by atoms with van der Waals surface area (Å²) in [6.07, 6.45) is 1.42. The van der Waals surface area contributed by atoms with Gasteiger partial charge < -0.3 is 15.0 Å². The average Bonchev–Trinajstić information content (AvgIpc) is 3.07. The molecule has 1 saturated heterocycles.